The predicted octanol–water partition coefficient (Wildman–Crippen LogP) is 2.80. The van der Waals surface area contributed by atoms with Crippen LogP contribution in [0.15, 0.2) is 41.3 Å². The molecule has 1 aliphatic heterocycles. The molecule has 0 saturated carbocycles. The third-order valence-corrected chi connectivity index (χ3v) is 6.99. The number of benzene rings is 2. The van der Waals surface area contributed by atoms with Crippen LogP contribution in [-0.4, -0.2) is 63.4 Å². The molecule has 2 aromatic carbocycles. The van der Waals surface area contributed by atoms with Crippen LogP contribution in [-0.2, 0) is 14.8 Å². The molecule has 0 bridgehead atoms. The van der Waals surface area contributed by atoms with Gasteiger partial charge in [0.15, 0.2) is 17.5 Å². The van der Waals surface area contributed by atoms with Crippen LogP contribution in [0.2, 0.25) is 0 Å². The number of halogens is 3. The van der Waals surface area contributed by atoms with E-state index >= 15 is 0 Å². The van der Waals surface area contributed by atoms with Gasteiger partial charge in [0.05, 0.1) is 13.7 Å². The van der Waals surface area contributed by atoms with Crippen LogP contribution in [0.5, 0.6) is 11.5 Å². The van der Waals surface area contributed by atoms with Crippen LogP contribution in [0.4, 0.5) is 13.2 Å². The van der Waals surface area contributed by atoms with Crippen molar-refractivity contribution in [3.05, 3.63) is 53.8 Å². The van der Waals surface area contributed by atoms with E-state index in [-0.39, 0.29) is 38.5 Å². The van der Waals surface area contributed by atoms with Crippen molar-refractivity contribution in [1.82, 2.24) is 9.21 Å². The van der Waals surface area contributed by atoms with E-state index in [4.69, 9.17) is 9.47 Å². The standard InChI is InChI=1S/C21H23F3N2O5S/c1-30-15-4-6-16(7-5-15)31-14-2-3-19(27)25-10-12-26(13-11-25)32(28,29)18-9-8-17(22)20(23)21(18)24/h4-9H,2-3,10-14H2,1H3. The topological polar surface area (TPSA) is 76.2 Å². The van der Waals surface area contributed by atoms with E-state index in [0.717, 1.165) is 4.31 Å². The number of ether oxygens (including phenoxy) is 2. The number of hydrogen-bond acceptors (Lipinski definition) is 5. The first kappa shape index (κ1) is 23.9. The summed E-state index contributed by atoms with van der Waals surface area (Å²) in [5.74, 6) is -3.84. The number of carbonyl (C=O) groups excluding carboxylic acids is 1. The second kappa shape index (κ2) is 10.2. The average Bonchev–Trinajstić information content (AvgIpc) is 2.80. The smallest absolute Gasteiger partial charge is 0.246 e. The van der Waals surface area contributed by atoms with E-state index in [2.05, 4.69) is 0 Å². The van der Waals surface area contributed by atoms with E-state index in [1.165, 1.54) is 4.90 Å². The molecule has 3 rings (SSSR count). The zero-order valence-electron chi connectivity index (χ0n) is 17.4. The number of sulfonamides is 1. The minimum Gasteiger partial charge on any atom is -0.497 e. The fourth-order valence-corrected chi connectivity index (χ4v) is 4.75. The fourth-order valence-electron chi connectivity index (χ4n) is 3.27. The molecular weight excluding hydrogens is 449 g/mol. The largest absolute Gasteiger partial charge is 0.497 e. The molecule has 2 aromatic rings. The number of rotatable bonds is 8. The van der Waals surface area contributed by atoms with Gasteiger partial charge >= 0.3 is 0 Å². The molecule has 32 heavy (non-hydrogen) atoms. The Hall–Kier alpha value is -2.79. The van der Waals surface area contributed by atoms with Gasteiger partial charge in [0.1, 0.15) is 16.4 Å². The average molecular weight is 472 g/mol. The lowest BCUT2D eigenvalue weighted by Crippen LogP contribution is -2.50. The Balaban J connectivity index is 1.47. The van der Waals surface area contributed by atoms with Gasteiger partial charge in [0.2, 0.25) is 15.9 Å². The summed E-state index contributed by atoms with van der Waals surface area (Å²) < 4.78 is 77.3. The second-order valence-electron chi connectivity index (χ2n) is 7.09. The van der Waals surface area contributed by atoms with Gasteiger partial charge in [0.25, 0.3) is 0 Å². The van der Waals surface area contributed by atoms with Gasteiger partial charge in [-0.05, 0) is 42.8 Å². The second-order valence-corrected chi connectivity index (χ2v) is 8.99. The van der Waals surface area contributed by atoms with Gasteiger partial charge in [-0.25, -0.2) is 21.6 Å². The normalized spacial score (nSPS) is 14.9. The highest BCUT2D eigenvalue weighted by Crippen LogP contribution is 2.24. The summed E-state index contributed by atoms with van der Waals surface area (Å²) in [7, 11) is -2.79. The van der Waals surface area contributed by atoms with E-state index in [0.29, 0.717) is 36.7 Å². The monoisotopic (exact) mass is 472 g/mol. The quantitative estimate of drug-likeness (QED) is 0.436. The Morgan fingerprint density at radius 1 is 0.938 bits per heavy atom. The summed E-state index contributed by atoms with van der Waals surface area (Å²) in [5, 5.41) is 0. The van der Waals surface area contributed by atoms with E-state index < -0.39 is 32.4 Å². The molecule has 1 aliphatic rings. The number of carbonyl (C=O) groups is 1. The molecule has 0 spiro atoms. The Bertz CT molecular complexity index is 1060. The van der Waals surface area contributed by atoms with E-state index in [9.17, 15) is 26.4 Å². The van der Waals surface area contributed by atoms with Gasteiger partial charge in [-0.2, -0.15) is 4.31 Å². The molecule has 11 heteroatoms. The molecule has 174 valence electrons. The molecule has 0 N–H and O–H groups in total. The Morgan fingerprint density at radius 3 is 2.19 bits per heavy atom. The zero-order chi connectivity index (χ0) is 23.3. The Morgan fingerprint density at radius 2 is 1.56 bits per heavy atom. The molecule has 0 radical (unpaired) electrons. The van der Waals surface area contributed by atoms with Crippen molar-refractivity contribution in [3.63, 3.8) is 0 Å². The van der Waals surface area contributed by atoms with Crippen LogP contribution in [0, 0.1) is 17.5 Å². The number of methoxy groups -OCH3 is 1. The highest BCUT2D eigenvalue weighted by atomic mass is 32.2. The molecule has 7 nitrogen and oxygen atoms in total. The maximum absolute atomic E-state index is 13.9. The number of amides is 1. The number of nitrogens with zero attached hydrogens (tertiary/aromatic N) is 2. The third kappa shape index (κ3) is 5.33. The first-order valence-corrected chi connectivity index (χ1v) is 11.4. The molecular formula is C21H23F3N2O5S. The molecule has 0 atom stereocenters. The SMILES string of the molecule is COc1ccc(OCCCC(=O)N2CCN(S(=O)(=O)c3ccc(F)c(F)c3F)CC2)cc1. The summed E-state index contributed by atoms with van der Waals surface area (Å²) >= 11 is 0. The Kier molecular flexibility index (Phi) is 7.62. The van der Waals surface area contributed by atoms with Crippen molar-refractivity contribution in [3.8, 4) is 11.5 Å². The van der Waals surface area contributed by atoms with Gasteiger partial charge in [-0.3, -0.25) is 4.79 Å². The molecule has 1 amide bonds. The van der Waals surface area contributed by atoms with Crippen LogP contribution in [0.25, 0.3) is 0 Å². The predicted molar refractivity (Wildman–Crippen MR) is 109 cm³/mol. The number of piperazine rings is 1. The zero-order valence-corrected chi connectivity index (χ0v) is 18.2. The van der Waals surface area contributed by atoms with E-state index in [1.807, 2.05) is 0 Å². The van der Waals surface area contributed by atoms with Gasteiger partial charge in [-0.15, -0.1) is 0 Å². The molecule has 1 fully saturated rings. The molecule has 1 heterocycles. The fraction of sp³-hybridized carbons (Fsp3) is 0.381. The molecule has 0 aromatic heterocycles. The van der Waals surface area contributed by atoms with Crippen molar-refractivity contribution < 1.29 is 35.9 Å². The summed E-state index contributed by atoms with van der Waals surface area (Å²) in [6.45, 7) is 0.414. The first-order valence-electron chi connectivity index (χ1n) is 9.92. The first-order chi connectivity index (χ1) is 15.2. The summed E-state index contributed by atoms with van der Waals surface area (Å²) in [5.41, 5.74) is 0. The lowest BCUT2D eigenvalue weighted by atomic mass is 10.2. The van der Waals surface area contributed by atoms with Crippen molar-refractivity contribution in [2.45, 2.75) is 17.7 Å². The van der Waals surface area contributed by atoms with Crippen molar-refractivity contribution in [1.29, 1.82) is 0 Å². The van der Waals surface area contributed by atoms with Crippen LogP contribution in [0.3, 0.4) is 0 Å². The van der Waals surface area contributed by atoms with Crippen molar-refractivity contribution >= 4 is 15.9 Å². The lowest BCUT2D eigenvalue weighted by Gasteiger charge is -2.34. The van der Waals surface area contributed by atoms with Gasteiger partial charge in [-0.1, -0.05) is 0 Å². The molecule has 1 saturated heterocycles. The summed E-state index contributed by atoms with van der Waals surface area (Å²) in [6, 6.07) is 8.31. The molecule has 0 aliphatic carbocycles. The summed E-state index contributed by atoms with van der Waals surface area (Å²) in [4.78, 5) is 13.0. The lowest BCUT2D eigenvalue weighted by molar-refractivity contribution is -0.132. The van der Waals surface area contributed by atoms with Gasteiger partial charge in [0, 0.05) is 32.6 Å². The third-order valence-electron chi connectivity index (χ3n) is 5.07. The highest BCUT2D eigenvalue weighted by Gasteiger charge is 2.33. The van der Waals surface area contributed by atoms with Crippen LogP contribution < -0.4 is 9.47 Å². The molecule has 0 unspecified atom stereocenters. The minimum absolute atomic E-state index is 0.0745. The van der Waals surface area contributed by atoms with Crippen molar-refractivity contribution in [2.75, 3.05) is 39.9 Å². The van der Waals surface area contributed by atoms with Crippen molar-refractivity contribution in [2.24, 2.45) is 0 Å². The summed E-state index contributed by atoms with van der Waals surface area (Å²) in [6.07, 6.45) is 0.699. The van der Waals surface area contributed by atoms with Crippen LogP contribution in [0.1, 0.15) is 12.8 Å². The van der Waals surface area contributed by atoms with E-state index in [1.54, 1.807) is 31.4 Å². The Labute approximate surface area is 184 Å². The van der Waals surface area contributed by atoms with Crippen LogP contribution >= 0.6 is 0 Å². The minimum atomic E-state index is -4.35. The maximum atomic E-state index is 13.9. The maximum Gasteiger partial charge on any atom is 0.246 e. The highest BCUT2D eigenvalue weighted by molar-refractivity contribution is 7.89. The number of hydrogen-bond donors (Lipinski definition) is 0. The van der Waals surface area contributed by atoms with Gasteiger partial charge < -0.3 is 14.4 Å².